The highest BCUT2D eigenvalue weighted by molar-refractivity contribution is 7.84. The van der Waals surface area contributed by atoms with E-state index in [9.17, 15) is 9.00 Å². The van der Waals surface area contributed by atoms with E-state index in [4.69, 9.17) is 5.11 Å². The zero-order valence-corrected chi connectivity index (χ0v) is 10.2. The lowest BCUT2D eigenvalue weighted by Crippen LogP contribution is -2.27. The van der Waals surface area contributed by atoms with Gasteiger partial charge >= 0.3 is 5.97 Å². The topological polar surface area (TPSA) is 54.4 Å². The SMILES string of the molecule is CC(C(=O)O)C(C)S(=O)Cc1ccccc1. The van der Waals surface area contributed by atoms with Crippen molar-refractivity contribution in [1.29, 1.82) is 0 Å². The van der Waals surface area contributed by atoms with Crippen LogP contribution in [0, 0.1) is 5.92 Å². The Morgan fingerprint density at radius 3 is 2.38 bits per heavy atom. The first-order valence-electron chi connectivity index (χ1n) is 5.16. The first-order chi connectivity index (χ1) is 7.52. The van der Waals surface area contributed by atoms with E-state index in [1.165, 1.54) is 0 Å². The normalized spacial score (nSPS) is 16.4. The van der Waals surface area contributed by atoms with Gasteiger partial charge in [-0.05, 0) is 12.5 Å². The lowest BCUT2D eigenvalue weighted by molar-refractivity contribution is -0.141. The van der Waals surface area contributed by atoms with Crippen molar-refractivity contribution < 1.29 is 14.1 Å². The number of carboxylic acid groups (broad SMARTS) is 1. The summed E-state index contributed by atoms with van der Waals surface area (Å²) in [6, 6.07) is 9.47. The van der Waals surface area contributed by atoms with Gasteiger partial charge in [-0.1, -0.05) is 37.3 Å². The Labute approximate surface area is 98.0 Å². The van der Waals surface area contributed by atoms with Crippen LogP contribution in [0.2, 0.25) is 0 Å². The van der Waals surface area contributed by atoms with Crippen LogP contribution in [-0.2, 0) is 21.3 Å². The summed E-state index contributed by atoms with van der Waals surface area (Å²) in [5.74, 6) is -1.06. The third-order valence-corrected chi connectivity index (χ3v) is 4.52. The predicted molar refractivity (Wildman–Crippen MR) is 64.6 cm³/mol. The van der Waals surface area contributed by atoms with Gasteiger partial charge in [0, 0.05) is 21.8 Å². The van der Waals surface area contributed by atoms with Gasteiger partial charge in [0.2, 0.25) is 0 Å². The number of hydrogen-bond donors (Lipinski definition) is 1. The Kier molecular flexibility index (Phi) is 4.68. The maximum absolute atomic E-state index is 11.9. The van der Waals surface area contributed by atoms with Crippen LogP contribution in [0.3, 0.4) is 0 Å². The largest absolute Gasteiger partial charge is 0.481 e. The fourth-order valence-electron chi connectivity index (χ4n) is 1.30. The summed E-state index contributed by atoms with van der Waals surface area (Å²) in [4.78, 5) is 10.8. The molecule has 0 saturated heterocycles. The number of aliphatic carboxylic acids is 1. The van der Waals surface area contributed by atoms with Gasteiger partial charge in [-0.25, -0.2) is 0 Å². The van der Waals surface area contributed by atoms with E-state index in [1.807, 2.05) is 30.3 Å². The number of carbonyl (C=O) groups is 1. The summed E-state index contributed by atoms with van der Waals surface area (Å²) >= 11 is 0. The summed E-state index contributed by atoms with van der Waals surface area (Å²) in [7, 11) is -1.15. The second-order valence-electron chi connectivity index (χ2n) is 3.84. The van der Waals surface area contributed by atoms with Crippen molar-refractivity contribution in [3.05, 3.63) is 35.9 Å². The average Bonchev–Trinajstić information content (AvgIpc) is 2.28. The molecule has 0 saturated carbocycles. The third-order valence-electron chi connectivity index (χ3n) is 2.66. The highest BCUT2D eigenvalue weighted by Gasteiger charge is 2.24. The molecular weight excluding hydrogens is 224 g/mol. The van der Waals surface area contributed by atoms with Crippen LogP contribution in [0.15, 0.2) is 30.3 Å². The zero-order valence-electron chi connectivity index (χ0n) is 9.42. The predicted octanol–water partition coefficient (Wildman–Crippen LogP) is 2.04. The van der Waals surface area contributed by atoms with E-state index in [0.29, 0.717) is 5.75 Å². The molecule has 0 heterocycles. The van der Waals surface area contributed by atoms with Gasteiger partial charge in [0.25, 0.3) is 0 Å². The molecular formula is C12H16O3S. The molecule has 0 aliphatic carbocycles. The highest BCUT2D eigenvalue weighted by atomic mass is 32.2. The van der Waals surface area contributed by atoms with Crippen LogP contribution in [0.5, 0.6) is 0 Å². The fraction of sp³-hybridized carbons (Fsp3) is 0.417. The van der Waals surface area contributed by atoms with Crippen molar-refractivity contribution in [2.24, 2.45) is 5.92 Å². The standard InChI is InChI=1S/C12H16O3S/c1-9(12(13)14)10(2)16(15)8-11-6-4-3-5-7-11/h3-7,9-10H,8H2,1-2H3,(H,13,14). The third kappa shape index (κ3) is 3.45. The molecule has 0 radical (unpaired) electrons. The average molecular weight is 240 g/mol. The van der Waals surface area contributed by atoms with Crippen molar-refractivity contribution >= 4 is 16.8 Å². The Bertz CT molecular complexity index is 375. The van der Waals surface area contributed by atoms with E-state index >= 15 is 0 Å². The van der Waals surface area contributed by atoms with Crippen LogP contribution in [-0.4, -0.2) is 20.5 Å². The van der Waals surface area contributed by atoms with Gasteiger partial charge in [-0.15, -0.1) is 0 Å². The van der Waals surface area contributed by atoms with E-state index in [2.05, 4.69) is 0 Å². The number of hydrogen-bond acceptors (Lipinski definition) is 2. The van der Waals surface area contributed by atoms with Crippen LogP contribution in [0.1, 0.15) is 19.4 Å². The monoisotopic (exact) mass is 240 g/mol. The highest BCUT2D eigenvalue weighted by Crippen LogP contribution is 2.14. The molecule has 0 aliphatic rings. The quantitative estimate of drug-likeness (QED) is 0.857. The molecule has 88 valence electrons. The molecule has 0 amide bonds. The van der Waals surface area contributed by atoms with Crippen molar-refractivity contribution in [3.8, 4) is 0 Å². The van der Waals surface area contributed by atoms with Gasteiger partial charge in [0.1, 0.15) is 0 Å². The fourth-order valence-corrected chi connectivity index (χ4v) is 2.65. The molecule has 0 bridgehead atoms. The minimum Gasteiger partial charge on any atom is -0.481 e. The molecule has 16 heavy (non-hydrogen) atoms. The summed E-state index contributed by atoms with van der Waals surface area (Å²) in [5, 5.41) is 8.50. The molecule has 0 spiro atoms. The van der Waals surface area contributed by atoms with Crippen molar-refractivity contribution in [2.45, 2.75) is 24.9 Å². The van der Waals surface area contributed by atoms with Crippen LogP contribution < -0.4 is 0 Å². The lowest BCUT2D eigenvalue weighted by Gasteiger charge is -2.15. The van der Waals surface area contributed by atoms with Crippen LogP contribution >= 0.6 is 0 Å². The van der Waals surface area contributed by atoms with Crippen molar-refractivity contribution in [2.75, 3.05) is 0 Å². The summed E-state index contributed by atoms with van der Waals surface area (Å²) in [6.07, 6.45) is 0. The molecule has 3 nitrogen and oxygen atoms in total. The summed E-state index contributed by atoms with van der Waals surface area (Å²) < 4.78 is 11.9. The second-order valence-corrected chi connectivity index (χ2v) is 5.64. The molecule has 1 N–H and O–H groups in total. The second kappa shape index (κ2) is 5.80. The van der Waals surface area contributed by atoms with Crippen LogP contribution in [0.4, 0.5) is 0 Å². The molecule has 1 aromatic rings. The van der Waals surface area contributed by atoms with E-state index in [-0.39, 0.29) is 5.25 Å². The Morgan fingerprint density at radius 1 is 1.31 bits per heavy atom. The first-order valence-corrected chi connectivity index (χ1v) is 6.54. The zero-order chi connectivity index (χ0) is 12.1. The first kappa shape index (κ1) is 12.9. The van der Waals surface area contributed by atoms with Gasteiger partial charge in [-0.3, -0.25) is 9.00 Å². The van der Waals surface area contributed by atoms with Gasteiger partial charge in [-0.2, -0.15) is 0 Å². The number of benzene rings is 1. The molecule has 0 fully saturated rings. The number of carboxylic acids is 1. The minimum atomic E-state index is -1.15. The molecule has 1 rings (SSSR count). The Balaban J connectivity index is 2.63. The van der Waals surface area contributed by atoms with Crippen molar-refractivity contribution in [1.82, 2.24) is 0 Å². The van der Waals surface area contributed by atoms with Gasteiger partial charge in [0.15, 0.2) is 0 Å². The molecule has 1 aromatic carbocycles. The molecule has 4 heteroatoms. The van der Waals surface area contributed by atoms with E-state index in [1.54, 1.807) is 13.8 Å². The van der Waals surface area contributed by atoms with E-state index < -0.39 is 22.7 Å². The Morgan fingerprint density at radius 2 is 1.88 bits per heavy atom. The molecule has 0 aliphatic heterocycles. The van der Waals surface area contributed by atoms with Crippen LogP contribution in [0.25, 0.3) is 0 Å². The lowest BCUT2D eigenvalue weighted by atomic mass is 10.1. The van der Waals surface area contributed by atoms with Crippen molar-refractivity contribution in [3.63, 3.8) is 0 Å². The molecule has 3 atom stereocenters. The molecule has 0 aromatic heterocycles. The summed E-state index contributed by atoms with van der Waals surface area (Å²) in [5.41, 5.74) is 0.977. The Hall–Kier alpha value is -1.16. The van der Waals surface area contributed by atoms with Gasteiger partial charge < -0.3 is 5.11 Å². The smallest absolute Gasteiger partial charge is 0.307 e. The maximum Gasteiger partial charge on any atom is 0.307 e. The maximum atomic E-state index is 11.9. The summed E-state index contributed by atoms with van der Waals surface area (Å²) in [6.45, 7) is 3.31. The number of rotatable bonds is 5. The van der Waals surface area contributed by atoms with Gasteiger partial charge in [0.05, 0.1) is 5.92 Å². The molecule has 3 unspecified atom stereocenters. The minimum absolute atomic E-state index is 0.335. The van der Waals surface area contributed by atoms with E-state index in [0.717, 1.165) is 5.56 Å².